The van der Waals surface area contributed by atoms with Crippen LogP contribution in [-0.2, 0) is 11.3 Å². The number of hydrogen-bond donors (Lipinski definition) is 1. The van der Waals surface area contributed by atoms with Crippen LogP contribution in [0, 0.1) is 0 Å². The van der Waals surface area contributed by atoms with Crippen molar-refractivity contribution in [3.63, 3.8) is 0 Å². The Morgan fingerprint density at radius 3 is 2.79 bits per heavy atom. The molecule has 1 saturated heterocycles. The molecule has 1 aliphatic heterocycles. The number of rotatable bonds is 4. The summed E-state index contributed by atoms with van der Waals surface area (Å²) >= 11 is 0. The van der Waals surface area contributed by atoms with Gasteiger partial charge in [-0.25, -0.2) is 4.98 Å². The summed E-state index contributed by atoms with van der Waals surface area (Å²) in [5.74, 6) is 0.280. The van der Waals surface area contributed by atoms with Crippen LogP contribution in [0.1, 0.15) is 35.9 Å². The molecule has 0 radical (unpaired) electrons. The van der Waals surface area contributed by atoms with Gasteiger partial charge in [0, 0.05) is 44.5 Å². The molecule has 1 N–H and O–H groups in total. The first-order valence-electron chi connectivity index (χ1n) is 8.31. The molecule has 0 saturated carbocycles. The van der Waals surface area contributed by atoms with Crippen molar-refractivity contribution in [2.75, 3.05) is 13.1 Å². The minimum Gasteiger partial charge on any atom is -0.341 e. The van der Waals surface area contributed by atoms with Crippen LogP contribution in [-0.4, -0.2) is 50.7 Å². The van der Waals surface area contributed by atoms with E-state index in [0.29, 0.717) is 31.9 Å². The first-order chi connectivity index (χ1) is 11.7. The summed E-state index contributed by atoms with van der Waals surface area (Å²) < 4.78 is 0. The van der Waals surface area contributed by atoms with Gasteiger partial charge in [-0.3, -0.25) is 9.59 Å². The van der Waals surface area contributed by atoms with Gasteiger partial charge in [0.1, 0.15) is 0 Å². The standard InChI is InChI=1S/C18H22N4O2/c1-2-15-13-21(18(24)17-19-9-10-20-17)11-8-16(23)22(15)12-14-6-4-3-5-7-14/h3-7,9-10,15H,2,8,11-13H2,1H3,(H,19,20)/t15-/m0/s1. The van der Waals surface area contributed by atoms with Gasteiger partial charge < -0.3 is 14.8 Å². The smallest absolute Gasteiger partial charge is 0.289 e. The average molecular weight is 326 g/mol. The van der Waals surface area contributed by atoms with Crippen LogP contribution in [0.5, 0.6) is 0 Å². The maximum absolute atomic E-state index is 12.6. The number of H-pyrrole nitrogens is 1. The summed E-state index contributed by atoms with van der Waals surface area (Å²) in [4.78, 5) is 35.7. The Bertz CT molecular complexity index is 684. The Morgan fingerprint density at radius 2 is 2.12 bits per heavy atom. The number of nitrogens with one attached hydrogen (secondary N) is 1. The summed E-state index contributed by atoms with van der Waals surface area (Å²) in [7, 11) is 0. The zero-order valence-corrected chi connectivity index (χ0v) is 13.8. The van der Waals surface area contributed by atoms with Crippen LogP contribution < -0.4 is 0 Å². The lowest BCUT2D eigenvalue weighted by Gasteiger charge is -2.31. The van der Waals surface area contributed by atoms with Gasteiger partial charge in [0.2, 0.25) is 5.91 Å². The highest BCUT2D eigenvalue weighted by Gasteiger charge is 2.31. The number of benzene rings is 1. The molecule has 1 aromatic carbocycles. The number of imidazole rings is 1. The quantitative estimate of drug-likeness (QED) is 0.935. The second-order valence-corrected chi connectivity index (χ2v) is 6.01. The van der Waals surface area contributed by atoms with Crippen LogP contribution in [0.15, 0.2) is 42.7 Å². The molecule has 0 aliphatic carbocycles. The molecule has 3 rings (SSSR count). The number of carbonyl (C=O) groups is 2. The molecular formula is C18H22N4O2. The third kappa shape index (κ3) is 3.48. The third-order valence-electron chi connectivity index (χ3n) is 4.44. The summed E-state index contributed by atoms with van der Waals surface area (Å²) in [6, 6.07) is 9.98. The highest BCUT2D eigenvalue weighted by atomic mass is 16.2. The largest absolute Gasteiger partial charge is 0.341 e. The molecule has 2 heterocycles. The van der Waals surface area contributed by atoms with Crippen molar-refractivity contribution < 1.29 is 9.59 Å². The van der Waals surface area contributed by atoms with E-state index in [1.54, 1.807) is 17.3 Å². The monoisotopic (exact) mass is 326 g/mol. The number of nitrogens with zero attached hydrogens (tertiary/aromatic N) is 3. The van der Waals surface area contributed by atoms with Gasteiger partial charge in [0.15, 0.2) is 5.82 Å². The Kier molecular flexibility index (Phi) is 4.93. The van der Waals surface area contributed by atoms with E-state index < -0.39 is 0 Å². The lowest BCUT2D eigenvalue weighted by atomic mass is 10.1. The van der Waals surface area contributed by atoms with Gasteiger partial charge in [-0.15, -0.1) is 0 Å². The van der Waals surface area contributed by atoms with Crippen molar-refractivity contribution in [2.24, 2.45) is 0 Å². The Labute approximate surface area is 141 Å². The lowest BCUT2D eigenvalue weighted by molar-refractivity contribution is -0.133. The van der Waals surface area contributed by atoms with Crippen LogP contribution in [0.25, 0.3) is 0 Å². The predicted molar refractivity (Wildman–Crippen MR) is 90.2 cm³/mol. The summed E-state index contributed by atoms with van der Waals surface area (Å²) in [6.45, 7) is 3.60. The molecule has 126 valence electrons. The molecule has 1 aromatic heterocycles. The van der Waals surface area contributed by atoms with Crippen LogP contribution >= 0.6 is 0 Å². The molecule has 2 aromatic rings. The van der Waals surface area contributed by atoms with Crippen molar-refractivity contribution in [1.29, 1.82) is 0 Å². The molecule has 0 spiro atoms. The Hall–Kier alpha value is -2.63. The third-order valence-corrected chi connectivity index (χ3v) is 4.44. The average Bonchev–Trinajstić information content (AvgIpc) is 3.10. The topological polar surface area (TPSA) is 69.3 Å². The molecule has 24 heavy (non-hydrogen) atoms. The second-order valence-electron chi connectivity index (χ2n) is 6.01. The summed E-state index contributed by atoms with van der Waals surface area (Å²) in [5, 5.41) is 0. The van der Waals surface area contributed by atoms with Gasteiger partial charge in [-0.05, 0) is 12.0 Å². The van der Waals surface area contributed by atoms with Gasteiger partial charge >= 0.3 is 0 Å². The highest BCUT2D eigenvalue weighted by Crippen LogP contribution is 2.18. The van der Waals surface area contributed by atoms with Crippen molar-refractivity contribution >= 4 is 11.8 Å². The molecule has 1 atom stereocenters. The predicted octanol–water partition coefficient (Wildman–Crippen LogP) is 2.06. The van der Waals surface area contributed by atoms with Crippen molar-refractivity contribution in [2.45, 2.75) is 32.4 Å². The first kappa shape index (κ1) is 16.2. The molecule has 1 fully saturated rings. The Balaban J connectivity index is 1.77. The van der Waals surface area contributed by atoms with Crippen molar-refractivity contribution in [1.82, 2.24) is 19.8 Å². The maximum atomic E-state index is 12.6. The molecule has 0 bridgehead atoms. The molecule has 2 amide bonds. The minimum absolute atomic E-state index is 0.0131. The number of aromatic amines is 1. The summed E-state index contributed by atoms with van der Waals surface area (Å²) in [6.07, 6.45) is 4.35. The van der Waals surface area contributed by atoms with Crippen LogP contribution in [0.3, 0.4) is 0 Å². The van der Waals surface area contributed by atoms with Crippen molar-refractivity contribution in [3.05, 3.63) is 54.1 Å². The van der Waals surface area contributed by atoms with Crippen LogP contribution in [0.2, 0.25) is 0 Å². The second kappa shape index (κ2) is 7.29. The van der Waals surface area contributed by atoms with Gasteiger partial charge in [0.05, 0.1) is 0 Å². The van der Waals surface area contributed by atoms with E-state index in [0.717, 1.165) is 12.0 Å². The number of amides is 2. The minimum atomic E-state index is -0.146. The van der Waals surface area contributed by atoms with E-state index in [1.807, 2.05) is 35.2 Å². The van der Waals surface area contributed by atoms with Gasteiger partial charge in [0.25, 0.3) is 5.91 Å². The molecule has 1 aliphatic rings. The van der Waals surface area contributed by atoms with Gasteiger partial charge in [-0.1, -0.05) is 37.3 Å². The number of aromatic nitrogens is 2. The first-order valence-corrected chi connectivity index (χ1v) is 8.31. The molecule has 6 nitrogen and oxygen atoms in total. The SMILES string of the molecule is CC[C@H]1CN(C(=O)c2ncc[nH]2)CCC(=O)N1Cc1ccccc1. The van der Waals surface area contributed by atoms with E-state index >= 15 is 0 Å². The van der Waals surface area contributed by atoms with Crippen molar-refractivity contribution in [3.8, 4) is 0 Å². The lowest BCUT2D eigenvalue weighted by Crippen LogP contribution is -2.44. The zero-order valence-electron chi connectivity index (χ0n) is 13.8. The zero-order chi connectivity index (χ0) is 16.9. The van der Waals surface area contributed by atoms with E-state index in [2.05, 4.69) is 16.9 Å². The molecule has 6 heteroatoms. The van der Waals surface area contributed by atoms with Crippen LogP contribution in [0.4, 0.5) is 0 Å². The van der Waals surface area contributed by atoms with E-state index in [-0.39, 0.29) is 17.9 Å². The summed E-state index contributed by atoms with van der Waals surface area (Å²) in [5.41, 5.74) is 1.11. The van der Waals surface area contributed by atoms with E-state index in [9.17, 15) is 9.59 Å². The molecular weight excluding hydrogens is 304 g/mol. The van der Waals surface area contributed by atoms with E-state index in [1.165, 1.54) is 0 Å². The highest BCUT2D eigenvalue weighted by molar-refractivity contribution is 5.91. The fraction of sp³-hybridized carbons (Fsp3) is 0.389. The fourth-order valence-electron chi connectivity index (χ4n) is 3.09. The normalized spacial score (nSPS) is 18.5. The maximum Gasteiger partial charge on any atom is 0.289 e. The van der Waals surface area contributed by atoms with Gasteiger partial charge in [-0.2, -0.15) is 0 Å². The number of hydrogen-bond acceptors (Lipinski definition) is 3. The molecule has 0 unspecified atom stereocenters. The fourth-order valence-corrected chi connectivity index (χ4v) is 3.09. The number of carbonyl (C=O) groups excluding carboxylic acids is 2. The van der Waals surface area contributed by atoms with E-state index in [4.69, 9.17) is 0 Å². The Morgan fingerprint density at radius 1 is 1.33 bits per heavy atom.